The highest BCUT2D eigenvalue weighted by Gasteiger charge is 2.72. The minimum absolute atomic E-state index is 0.0108. The number of carbonyl (C=O) groups is 1. The zero-order chi connectivity index (χ0) is 16.9. The third kappa shape index (κ3) is 2.70. The summed E-state index contributed by atoms with van der Waals surface area (Å²) in [4.78, 5) is 16.2. The molecule has 0 unspecified atom stereocenters. The number of methoxy groups -OCH3 is 1. The Morgan fingerprint density at radius 2 is 2.04 bits per heavy atom. The first-order valence-electron chi connectivity index (χ1n) is 7.29. The van der Waals surface area contributed by atoms with E-state index in [2.05, 4.69) is 10.4 Å². The molecule has 0 aliphatic heterocycles. The van der Waals surface area contributed by atoms with Gasteiger partial charge < -0.3 is 4.74 Å². The number of carbonyl (C=O) groups excluding carboxylic acids is 1. The maximum absolute atomic E-state index is 12.5. The lowest BCUT2D eigenvalue weighted by Crippen LogP contribution is -2.73. The van der Waals surface area contributed by atoms with E-state index in [1.807, 2.05) is 0 Å². The average Bonchev–Trinajstić information content (AvgIpc) is 2.41. The summed E-state index contributed by atoms with van der Waals surface area (Å²) in [6.45, 7) is 0.186. The fourth-order valence-electron chi connectivity index (χ4n) is 3.46. The molecule has 3 aliphatic rings. The molecule has 1 heterocycles. The molecular formula is C15H18F3N3O2. The number of alkyl halides is 3. The highest BCUT2D eigenvalue weighted by atomic mass is 19.4. The molecular weight excluding hydrogens is 311 g/mol. The van der Waals surface area contributed by atoms with E-state index < -0.39 is 11.7 Å². The van der Waals surface area contributed by atoms with Gasteiger partial charge in [0.1, 0.15) is 0 Å². The van der Waals surface area contributed by atoms with Crippen molar-refractivity contribution in [2.45, 2.75) is 37.6 Å². The van der Waals surface area contributed by atoms with Crippen molar-refractivity contribution < 1.29 is 22.7 Å². The van der Waals surface area contributed by atoms with Gasteiger partial charge in [0, 0.05) is 20.4 Å². The molecule has 2 bridgehead atoms. The van der Waals surface area contributed by atoms with Crippen molar-refractivity contribution >= 4 is 5.91 Å². The van der Waals surface area contributed by atoms with Crippen molar-refractivity contribution in [2.24, 2.45) is 5.41 Å². The topological polar surface area (TPSA) is 54.5 Å². The Morgan fingerprint density at radius 3 is 2.52 bits per heavy atom. The summed E-state index contributed by atoms with van der Waals surface area (Å²) in [7, 11) is 3.28. The van der Waals surface area contributed by atoms with Gasteiger partial charge in [-0.1, -0.05) is 0 Å². The number of halogens is 3. The Balaban J connectivity index is 1.52. The molecule has 8 heteroatoms. The Hall–Kier alpha value is -1.67. The number of pyridine rings is 1. The van der Waals surface area contributed by atoms with E-state index >= 15 is 0 Å². The minimum Gasteiger partial charge on any atom is -0.378 e. The molecule has 1 amide bonds. The van der Waals surface area contributed by atoms with Crippen molar-refractivity contribution in [2.75, 3.05) is 14.2 Å². The molecule has 0 aromatic carbocycles. The summed E-state index contributed by atoms with van der Waals surface area (Å²) in [5, 5.41) is 1.40. The van der Waals surface area contributed by atoms with Gasteiger partial charge in [0.05, 0.1) is 28.8 Å². The quantitative estimate of drug-likeness (QED) is 0.841. The van der Waals surface area contributed by atoms with Gasteiger partial charge in [0.25, 0.3) is 0 Å². The lowest BCUT2D eigenvalue weighted by atomic mass is 9.40. The number of hydrogen-bond donors (Lipinski definition) is 1. The zero-order valence-electron chi connectivity index (χ0n) is 12.9. The van der Waals surface area contributed by atoms with Gasteiger partial charge >= 0.3 is 6.18 Å². The molecule has 0 atom stereocenters. The maximum Gasteiger partial charge on any atom is 0.417 e. The van der Waals surface area contributed by atoms with Crippen LogP contribution in [0.4, 0.5) is 13.2 Å². The van der Waals surface area contributed by atoms with Crippen LogP contribution in [0.5, 0.6) is 0 Å². The number of nitrogens with one attached hydrogen (secondary N) is 1. The van der Waals surface area contributed by atoms with Crippen LogP contribution in [-0.2, 0) is 22.3 Å². The number of rotatable bonds is 5. The van der Waals surface area contributed by atoms with Crippen LogP contribution < -0.4 is 5.43 Å². The van der Waals surface area contributed by atoms with Crippen LogP contribution in [0, 0.1) is 5.41 Å². The third-order valence-electron chi connectivity index (χ3n) is 4.82. The van der Waals surface area contributed by atoms with Crippen LogP contribution in [0.15, 0.2) is 18.3 Å². The highest BCUT2D eigenvalue weighted by molar-refractivity contribution is 5.86. The Morgan fingerprint density at radius 1 is 1.39 bits per heavy atom. The van der Waals surface area contributed by atoms with Crippen LogP contribution in [0.2, 0.25) is 0 Å². The van der Waals surface area contributed by atoms with Crippen molar-refractivity contribution in [3.63, 3.8) is 0 Å². The predicted octanol–water partition coefficient (Wildman–Crippen LogP) is 2.13. The van der Waals surface area contributed by atoms with Gasteiger partial charge in [-0.15, -0.1) is 0 Å². The van der Waals surface area contributed by atoms with Crippen molar-refractivity contribution in [1.82, 2.24) is 15.4 Å². The maximum atomic E-state index is 12.5. The summed E-state index contributed by atoms with van der Waals surface area (Å²) in [6.07, 6.45) is -1.39. The first-order chi connectivity index (χ1) is 10.7. The highest BCUT2D eigenvalue weighted by Crippen LogP contribution is 2.69. The molecule has 0 spiro atoms. The number of amides is 1. The van der Waals surface area contributed by atoms with Crippen molar-refractivity contribution in [3.05, 3.63) is 29.6 Å². The fraction of sp³-hybridized carbons (Fsp3) is 0.600. The number of ether oxygens (including phenoxy) is 1. The van der Waals surface area contributed by atoms with Gasteiger partial charge in [-0.05, 0) is 31.4 Å². The summed E-state index contributed by atoms with van der Waals surface area (Å²) in [5.41, 5.74) is 2.10. The monoisotopic (exact) mass is 329 g/mol. The minimum atomic E-state index is -4.40. The Bertz CT molecular complexity index is 596. The summed E-state index contributed by atoms with van der Waals surface area (Å²) >= 11 is 0. The second kappa shape index (κ2) is 5.17. The van der Waals surface area contributed by atoms with E-state index in [1.54, 1.807) is 14.2 Å². The average molecular weight is 329 g/mol. The van der Waals surface area contributed by atoms with Crippen molar-refractivity contribution in [3.8, 4) is 0 Å². The molecule has 23 heavy (non-hydrogen) atoms. The van der Waals surface area contributed by atoms with E-state index in [9.17, 15) is 18.0 Å². The molecule has 5 nitrogen and oxygen atoms in total. The standard InChI is InChI=1S/C15H18F3N3O2/c1-21(12(22)13-7-14(8-13,9-13)23-2)20-6-11-4-3-10(5-19-11)15(16,17)18/h3-5,20H,6-9H2,1-2H3. The molecule has 1 N–H and O–H groups in total. The molecule has 0 radical (unpaired) electrons. The second-order valence-corrected chi connectivity index (χ2v) is 6.43. The van der Waals surface area contributed by atoms with Gasteiger partial charge in [-0.2, -0.15) is 13.2 Å². The first-order valence-corrected chi connectivity index (χ1v) is 7.29. The predicted molar refractivity (Wildman–Crippen MR) is 74.9 cm³/mol. The lowest BCUT2D eigenvalue weighted by molar-refractivity contribution is -0.268. The molecule has 3 aliphatic carbocycles. The zero-order valence-corrected chi connectivity index (χ0v) is 12.9. The van der Waals surface area contributed by atoms with Crippen LogP contribution in [-0.4, -0.2) is 35.7 Å². The van der Waals surface area contributed by atoms with Gasteiger partial charge in [0.15, 0.2) is 0 Å². The molecule has 0 saturated heterocycles. The SMILES string of the molecule is COC12CC(C(=O)N(C)NCc3ccc(C(F)(F)F)cn3)(C1)C2. The smallest absolute Gasteiger partial charge is 0.378 e. The van der Waals surface area contributed by atoms with E-state index in [0.29, 0.717) is 5.69 Å². The summed E-state index contributed by atoms with van der Waals surface area (Å²) in [5.74, 6) is -0.0108. The van der Waals surface area contributed by atoms with Gasteiger partial charge in [0.2, 0.25) is 5.91 Å². The molecule has 3 saturated carbocycles. The van der Waals surface area contributed by atoms with Crippen LogP contribution >= 0.6 is 0 Å². The first kappa shape index (κ1) is 16.2. The van der Waals surface area contributed by atoms with Crippen molar-refractivity contribution in [1.29, 1.82) is 0 Å². The number of hydrazine groups is 1. The second-order valence-electron chi connectivity index (χ2n) is 6.43. The third-order valence-corrected chi connectivity index (χ3v) is 4.82. The van der Waals surface area contributed by atoms with Crippen LogP contribution in [0.3, 0.4) is 0 Å². The number of nitrogens with zero attached hydrogens (tertiary/aromatic N) is 2. The van der Waals surface area contributed by atoms with Gasteiger partial charge in [-0.3, -0.25) is 14.8 Å². The van der Waals surface area contributed by atoms with Gasteiger partial charge in [-0.25, -0.2) is 5.43 Å². The lowest BCUT2D eigenvalue weighted by Gasteiger charge is -2.68. The molecule has 3 fully saturated rings. The fourth-order valence-corrected chi connectivity index (χ4v) is 3.46. The number of aromatic nitrogens is 1. The summed E-state index contributed by atoms with van der Waals surface area (Å²) < 4.78 is 42.8. The van der Waals surface area contributed by atoms with Crippen LogP contribution in [0.25, 0.3) is 0 Å². The number of hydrogen-bond acceptors (Lipinski definition) is 4. The Kier molecular flexibility index (Phi) is 3.64. The molecule has 1 aromatic heterocycles. The molecule has 4 rings (SSSR count). The normalized spacial score (nSPS) is 28.7. The van der Waals surface area contributed by atoms with E-state index in [-0.39, 0.29) is 23.5 Å². The van der Waals surface area contributed by atoms with Crippen LogP contribution in [0.1, 0.15) is 30.5 Å². The van der Waals surface area contributed by atoms with E-state index in [4.69, 9.17) is 4.74 Å². The summed E-state index contributed by atoms with van der Waals surface area (Å²) in [6, 6.07) is 2.28. The molecule has 1 aromatic rings. The van der Waals surface area contributed by atoms with E-state index in [1.165, 1.54) is 11.1 Å². The molecule has 126 valence electrons. The Labute approximate surface area is 131 Å². The largest absolute Gasteiger partial charge is 0.417 e. The van der Waals surface area contributed by atoms with E-state index in [0.717, 1.165) is 31.5 Å².